The van der Waals surface area contributed by atoms with Crippen molar-refractivity contribution in [2.75, 3.05) is 44.2 Å². The van der Waals surface area contributed by atoms with E-state index in [-0.39, 0.29) is 24.1 Å². The van der Waals surface area contributed by atoms with E-state index in [4.69, 9.17) is 0 Å². The van der Waals surface area contributed by atoms with Crippen LogP contribution < -0.4 is 15.5 Å². The maximum atomic E-state index is 12.9. The minimum absolute atomic E-state index is 0.106. The Kier molecular flexibility index (Phi) is 4.37. The second-order valence-corrected chi connectivity index (χ2v) is 9.93. The molecule has 1 spiro atoms. The summed E-state index contributed by atoms with van der Waals surface area (Å²) in [6.07, 6.45) is 3.37. The smallest absolute Gasteiger partial charge is 0.255 e. The lowest BCUT2D eigenvalue weighted by Gasteiger charge is -2.58. The predicted octanol–water partition coefficient (Wildman–Crippen LogP) is 0.322. The standard InChI is InChI=1S/C23H29N5O3/c29-20-4-3-19(21(30)25-20)28-12-15-9-16(1-2-18(15)22(28)31)26-5-7-27(8-6-26)17-10-23(11-17)13-24-14-23/h1-2,9,17,19,24H,3-8,10-14H2,(H,25,29,30). The first kappa shape index (κ1) is 19.3. The summed E-state index contributed by atoms with van der Waals surface area (Å²) in [6, 6.07) is 6.27. The molecular formula is C23H29N5O3. The van der Waals surface area contributed by atoms with Crippen molar-refractivity contribution in [2.24, 2.45) is 5.41 Å². The van der Waals surface area contributed by atoms with Crippen LogP contribution in [0.5, 0.6) is 0 Å². The Hall–Kier alpha value is -2.45. The number of fused-ring (bicyclic) bond motifs is 1. The number of anilines is 1. The van der Waals surface area contributed by atoms with Crippen LogP contribution in [-0.2, 0) is 16.1 Å². The van der Waals surface area contributed by atoms with E-state index in [9.17, 15) is 14.4 Å². The molecule has 1 aromatic rings. The first-order chi connectivity index (χ1) is 15.0. The summed E-state index contributed by atoms with van der Waals surface area (Å²) in [5.41, 5.74) is 3.43. The number of piperazine rings is 1. The molecule has 4 aliphatic heterocycles. The van der Waals surface area contributed by atoms with Crippen molar-refractivity contribution in [1.29, 1.82) is 0 Å². The third-order valence-electron chi connectivity index (χ3n) is 8.04. The fourth-order valence-corrected chi connectivity index (χ4v) is 6.07. The average molecular weight is 424 g/mol. The van der Waals surface area contributed by atoms with Crippen LogP contribution in [0.1, 0.15) is 41.6 Å². The molecule has 0 bridgehead atoms. The Bertz CT molecular complexity index is 943. The highest BCUT2D eigenvalue weighted by atomic mass is 16.2. The first-order valence-corrected chi connectivity index (χ1v) is 11.5. The lowest BCUT2D eigenvalue weighted by molar-refractivity contribution is -0.136. The van der Waals surface area contributed by atoms with Gasteiger partial charge in [-0.25, -0.2) is 0 Å². The second kappa shape index (κ2) is 7.03. The molecule has 2 N–H and O–H groups in total. The van der Waals surface area contributed by atoms with Crippen molar-refractivity contribution in [2.45, 2.75) is 44.3 Å². The van der Waals surface area contributed by atoms with E-state index >= 15 is 0 Å². The molecule has 0 aromatic heterocycles. The molecule has 0 radical (unpaired) electrons. The van der Waals surface area contributed by atoms with Crippen LogP contribution in [0.4, 0.5) is 5.69 Å². The van der Waals surface area contributed by atoms with Crippen LogP contribution in [0, 0.1) is 5.41 Å². The minimum Gasteiger partial charge on any atom is -0.369 e. The number of benzene rings is 1. The number of hydrogen-bond donors (Lipinski definition) is 2. The van der Waals surface area contributed by atoms with Crippen molar-refractivity contribution in [3.63, 3.8) is 0 Å². The summed E-state index contributed by atoms with van der Waals surface area (Å²) in [5, 5.41) is 5.78. The molecule has 5 aliphatic rings. The number of rotatable bonds is 3. The Morgan fingerprint density at radius 1 is 1.00 bits per heavy atom. The molecule has 8 nitrogen and oxygen atoms in total. The van der Waals surface area contributed by atoms with Crippen molar-refractivity contribution in [1.82, 2.24) is 20.4 Å². The van der Waals surface area contributed by atoms with Crippen LogP contribution >= 0.6 is 0 Å². The zero-order valence-corrected chi connectivity index (χ0v) is 17.7. The number of carbonyl (C=O) groups excluding carboxylic acids is 3. The van der Waals surface area contributed by atoms with E-state index in [1.807, 2.05) is 12.1 Å². The van der Waals surface area contributed by atoms with E-state index in [1.54, 1.807) is 4.90 Å². The Balaban J connectivity index is 1.10. The highest BCUT2D eigenvalue weighted by molar-refractivity contribution is 6.05. The van der Waals surface area contributed by atoms with Gasteiger partial charge in [0.05, 0.1) is 0 Å². The van der Waals surface area contributed by atoms with Crippen LogP contribution in [0.2, 0.25) is 0 Å². The van der Waals surface area contributed by atoms with Gasteiger partial charge in [-0.3, -0.25) is 24.6 Å². The van der Waals surface area contributed by atoms with Gasteiger partial charge in [-0.05, 0) is 48.4 Å². The zero-order chi connectivity index (χ0) is 21.2. The van der Waals surface area contributed by atoms with Crippen LogP contribution in [-0.4, -0.2) is 78.9 Å². The lowest BCUT2D eigenvalue weighted by Crippen LogP contribution is -2.66. The van der Waals surface area contributed by atoms with Crippen LogP contribution in [0.15, 0.2) is 18.2 Å². The van der Waals surface area contributed by atoms with E-state index in [2.05, 4.69) is 26.5 Å². The summed E-state index contributed by atoms with van der Waals surface area (Å²) in [6.45, 7) is 7.03. The van der Waals surface area contributed by atoms with Crippen molar-refractivity contribution in [3.05, 3.63) is 29.3 Å². The Morgan fingerprint density at radius 2 is 1.77 bits per heavy atom. The number of nitrogens with one attached hydrogen (secondary N) is 2. The molecule has 3 amide bonds. The highest BCUT2D eigenvalue weighted by Gasteiger charge is 2.50. The average Bonchev–Trinajstić information content (AvgIpc) is 3.02. The third-order valence-corrected chi connectivity index (χ3v) is 8.04. The van der Waals surface area contributed by atoms with E-state index in [0.29, 0.717) is 23.9 Å². The third kappa shape index (κ3) is 3.15. The summed E-state index contributed by atoms with van der Waals surface area (Å²) in [4.78, 5) is 43.3. The molecular weight excluding hydrogens is 394 g/mol. The monoisotopic (exact) mass is 423 g/mol. The zero-order valence-electron chi connectivity index (χ0n) is 17.7. The van der Waals surface area contributed by atoms with Gasteiger partial charge in [-0.2, -0.15) is 0 Å². The normalized spacial score (nSPS) is 28.4. The molecule has 1 aliphatic carbocycles. The Labute approximate surface area is 181 Å². The lowest BCUT2D eigenvalue weighted by atomic mass is 9.61. The van der Waals surface area contributed by atoms with E-state index in [1.165, 1.54) is 25.9 Å². The first-order valence-electron chi connectivity index (χ1n) is 11.5. The number of imide groups is 1. The summed E-state index contributed by atoms with van der Waals surface area (Å²) in [7, 11) is 0. The van der Waals surface area contributed by atoms with Gasteiger partial charge < -0.3 is 15.1 Å². The SMILES string of the molecule is O=C1CCC(N2Cc3cc(N4CCN(C5CC6(CNC6)C5)CC4)ccc3C2=O)C(=O)N1. The molecule has 6 rings (SSSR count). The van der Waals surface area contributed by atoms with Gasteiger partial charge in [0.1, 0.15) is 6.04 Å². The molecule has 164 valence electrons. The number of amides is 3. The topological polar surface area (TPSA) is 85.0 Å². The fraction of sp³-hybridized carbons (Fsp3) is 0.609. The molecule has 8 heteroatoms. The van der Waals surface area contributed by atoms with Gasteiger partial charge in [-0.1, -0.05) is 0 Å². The van der Waals surface area contributed by atoms with E-state index in [0.717, 1.165) is 43.5 Å². The number of hydrogen-bond acceptors (Lipinski definition) is 6. The second-order valence-electron chi connectivity index (χ2n) is 9.93. The maximum absolute atomic E-state index is 12.9. The molecule has 1 aromatic carbocycles. The molecule has 4 fully saturated rings. The fourth-order valence-electron chi connectivity index (χ4n) is 6.07. The van der Waals surface area contributed by atoms with Gasteiger partial charge in [0.2, 0.25) is 11.8 Å². The van der Waals surface area contributed by atoms with E-state index < -0.39 is 6.04 Å². The molecule has 31 heavy (non-hydrogen) atoms. The van der Waals surface area contributed by atoms with Crippen molar-refractivity contribution in [3.8, 4) is 0 Å². The molecule has 1 unspecified atom stereocenters. The van der Waals surface area contributed by atoms with Gasteiger partial charge in [-0.15, -0.1) is 0 Å². The highest BCUT2D eigenvalue weighted by Crippen LogP contribution is 2.46. The van der Waals surface area contributed by atoms with Gasteiger partial charge in [0, 0.05) is 69.5 Å². The summed E-state index contributed by atoms with van der Waals surface area (Å²) in [5.74, 6) is -0.720. The Morgan fingerprint density at radius 3 is 2.45 bits per heavy atom. The molecule has 3 saturated heterocycles. The largest absolute Gasteiger partial charge is 0.369 e. The van der Waals surface area contributed by atoms with Crippen molar-refractivity contribution >= 4 is 23.4 Å². The van der Waals surface area contributed by atoms with Crippen LogP contribution in [0.25, 0.3) is 0 Å². The predicted molar refractivity (Wildman–Crippen MR) is 115 cm³/mol. The van der Waals surface area contributed by atoms with Gasteiger partial charge in [0.15, 0.2) is 0 Å². The summed E-state index contributed by atoms with van der Waals surface area (Å²) >= 11 is 0. The van der Waals surface area contributed by atoms with Gasteiger partial charge >= 0.3 is 0 Å². The number of carbonyl (C=O) groups is 3. The van der Waals surface area contributed by atoms with Crippen LogP contribution in [0.3, 0.4) is 0 Å². The van der Waals surface area contributed by atoms with Gasteiger partial charge in [0.25, 0.3) is 5.91 Å². The number of nitrogens with zero attached hydrogens (tertiary/aromatic N) is 3. The number of piperidine rings is 1. The summed E-state index contributed by atoms with van der Waals surface area (Å²) < 4.78 is 0. The molecule has 4 heterocycles. The molecule has 1 atom stereocenters. The maximum Gasteiger partial charge on any atom is 0.255 e. The minimum atomic E-state index is -0.554. The van der Waals surface area contributed by atoms with Crippen molar-refractivity contribution < 1.29 is 14.4 Å². The molecule has 1 saturated carbocycles. The quantitative estimate of drug-likeness (QED) is 0.682.